The Labute approximate surface area is 107 Å². The van der Waals surface area contributed by atoms with Crippen LogP contribution in [-0.4, -0.2) is 51.2 Å². The Kier molecular flexibility index (Phi) is 3.45. The average Bonchev–Trinajstić information content (AvgIpc) is 2.68. The number of aliphatic hydroxyl groups is 2. The van der Waals surface area contributed by atoms with E-state index in [4.69, 9.17) is 0 Å². The first-order valence-corrected chi connectivity index (χ1v) is 5.49. The summed E-state index contributed by atoms with van der Waals surface area (Å²) in [4.78, 5) is 23.1. The molecule has 0 aromatic heterocycles. The highest BCUT2D eigenvalue weighted by Crippen LogP contribution is 2.23. The van der Waals surface area contributed by atoms with Crippen LogP contribution in [0.4, 0.5) is 10.1 Å². The van der Waals surface area contributed by atoms with E-state index in [0.29, 0.717) is 0 Å². The SMILES string of the molecule is O=C(c1cc(F)ccc1[N+](=O)[O-])N1CC(O)C(O)C1. The highest BCUT2D eigenvalue weighted by molar-refractivity contribution is 5.98. The average molecular weight is 270 g/mol. The van der Waals surface area contributed by atoms with Gasteiger partial charge in [-0.2, -0.15) is 0 Å². The van der Waals surface area contributed by atoms with Crippen LogP contribution in [0.1, 0.15) is 10.4 Å². The third kappa shape index (κ3) is 2.54. The number of nitro benzene ring substituents is 1. The van der Waals surface area contributed by atoms with Gasteiger partial charge < -0.3 is 15.1 Å². The standard InChI is InChI=1S/C11H11FN2O5/c12-6-1-2-8(14(18)19)7(3-6)11(17)13-4-9(15)10(16)5-13/h1-3,9-10,15-16H,4-5H2. The number of hydrogen-bond acceptors (Lipinski definition) is 5. The molecule has 0 saturated carbocycles. The molecule has 1 aromatic rings. The third-order valence-corrected chi connectivity index (χ3v) is 2.93. The summed E-state index contributed by atoms with van der Waals surface area (Å²) in [6.45, 7) is -0.290. The number of nitrogens with zero attached hydrogens (tertiary/aromatic N) is 2. The Morgan fingerprint density at radius 1 is 1.37 bits per heavy atom. The number of carbonyl (C=O) groups excluding carboxylic acids is 1. The second-order valence-electron chi connectivity index (χ2n) is 4.26. The monoisotopic (exact) mass is 270 g/mol. The molecule has 8 heteroatoms. The molecule has 0 spiro atoms. The lowest BCUT2D eigenvalue weighted by atomic mass is 10.1. The molecule has 1 saturated heterocycles. The molecule has 2 N–H and O–H groups in total. The van der Waals surface area contributed by atoms with Crippen LogP contribution in [0.25, 0.3) is 0 Å². The van der Waals surface area contributed by atoms with E-state index >= 15 is 0 Å². The molecule has 2 atom stereocenters. The lowest BCUT2D eigenvalue weighted by Crippen LogP contribution is -2.30. The minimum absolute atomic E-state index is 0.145. The van der Waals surface area contributed by atoms with Crippen molar-refractivity contribution in [2.75, 3.05) is 13.1 Å². The number of rotatable bonds is 2. The second kappa shape index (κ2) is 4.90. The number of amides is 1. The molecule has 1 aliphatic rings. The van der Waals surface area contributed by atoms with E-state index in [2.05, 4.69) is 0 Å². The van der Waals surface area contributed by atoms with Gasteiger partial charge in [0.15, 0.2) is 0 Å². The van der Waals surface area contributed by atoms with Crippen LogP contribution in [0.3, 0.4) is 0 Å². The van der Waals surface area contributed by atoms with Crippen molar-refractivity contribution in [1.82, 2.24) is 4.90 Å². The molecule has 7 nitrogen and oxygen atoms in total. The van der Waals surface area contributed by atoms with Gasteiger partial charge in [-0.1, -0.05) is 0 Å². The number of benzene rings is 1. The molecule has 19 heavy (non-hydrogen) atoms. The Hall–Kier alpha value is -2.06. The maximum Gasteiger partial charge on any atom is 0.282 e. The number of likely N-dealkylation sites (tertiary alicyclic amines) is 1. The summed E-state index contributed by atoms with van der Waals surface area (Å²) in [5.41, 5.74) is -0.909. The first kappa shape index (κ1) is 13.4. The smallest absolute Gasteiger partial charge is 0.282 e. The maximum atomic E-state index is 13.1. The summed E-state index contributed by atoms with van der Waals surface area (Å²) in [7, 11) is 0. The van der Waals surface area contributed by atoms with Gasteiger partial charge in [0, 0.05) is 19.2 Å². The molecule has 1 fully saturated rings. The first-order valence-electron chi connectivity index (χ1n) is 5.49. The number of halogens is 1. The van der Waals surface area contributed by atoms with E-state index in [1.165, 1.54) is 0 Å². The van der Waals surface area contributed by atoms with Crippen molar-refractivity contribution in [3.05, 3.63) is 39.7 Å². The molecule has 1 amide bonds. The van der Waals surface area contributed by atoms with Crippen molar-refractivity contribution in [3.63, 3.8) is 0 Å². The highest BCUT2D eigenvalue weighted by Gasteiger charge is 2.35. The van der Waals surface area contributed by atoms with E-state index in [1.807, 2.05) is 0 Å². The quantitative estimate of drug-likeness (QED) is 0.577. The zero-order valence-corrected chi connectivity index (χ0v) is 9.69. The minimum atomic E-state index is -1.10. The topological polar surface area (TPSA) is 104 Å². The molecule has 2 unspecified atom stereocenters. The lowest BCUT2D eigenvalue weighted by molar-refractivity contribution is -0.385. The normalized spacial score (nSPS) is 22.6. The van der Waals surface area contributed by atoms with Gasteiger partial charge in [0.2, 0.25) is 0 Å². The molecule has 1 aliphatic heterocycles. The fourth-order valence-electron chi connectivity index (χ4n) is 1.94. The molecule has 0 radical (unpaired) electrons. The van der Waals surface area contributed by atoms with Gasteiger partial charge in [-0.15, -0.1) is 0 Å². The Balaban J connectivity index is 2.33. The molecule has 0 bridgehead atoms. The maximum absolute atomic E-state index is 13.1. The van der Waals surface area contributed by atoms with Crippen molar-refractivity contribution in [2.24, 2.45) is 0 Å². The molecular formula is C11H11FN2O5. The van der Waals surface area contributed by atoms with E-state index in [-0.39, 0.29) is 13.1 Å². The molecular weight excluding hydrogens is 259 g/mol. The zero-order valence-electron chi connectivity index (χ0n) is 9.69. The van der Waals surface area contributed by atoms with Crippen molar-refractivity contribution in [1.29, 1.82) is 0 Å². The van der Waals surface area contributed by atoms with Gasteiger partial charge in [0.25, 0.3) is 11.6 Å². The molecule has 2 rings (SSSR count). The summed E-state index contributed by atoms with van der Waals surface area (Å²) in [5.74, 6) is -1.56. The van der Waals surface area contributed by atoms with E-state index < -0.39 is 40.1 Å². The molecule has 102 valence electrons. The summed E-state index contributed by atoms with van der Waals surface area (Å²) < 4.78 is 13.1. The van der Waals surface area contributed by atoms with Crippen LogP contribution in [0, 0.1) is 15.9 Å². The van der Waals surface area contributed by atoms with E-state index in [9.17, 15) is 29.5 Å². The van der Waals surface area contributed by atoms with Crippen LogP contribution in [0.5, 0.6) is 0 Å². The number of carbonyl (C=O) groups is 1. The predicted octanol–water partition coefficient (Wildman–Crippen LogP) is -0.0885. The summed E-state index contributed by atoms with van der Waals surface area (Å²) in [6.07, 6.45) is -2.20. The van der Waals surface area contributed by atoms with Gasteiger partial charge in [0.1, 0.15) is 11.4 Å². The van der Waals surface area contributed by atoms with Gasteiger partial charge in [0.05, 0.1) is 17.1 Å². The van der Waals surface area contributed by atoms with Gasteiger partial charge >= 0.3 is 0 Å². The number of β-amino-alcohol motifs (C(OH)–C–C–N with tert-alkyl or cyclic N) is 2. The van der Waals surface area contributed by atoms with Crippen molar-refractivity contribution in [3.8, 4) is 0 Å². The van der Waals surface area contributed by atoms with Crippen LogP contribution < -0.4 is 0 Å². The van der Waals surface area contributed by atoms with Crippen molar-refractivity contribution < 1.29 is 24.3 Å². The third-order valence-electron chi connectivity index (χ3n) is 2.93. The number of aliphatic hydroxyl groups excluding tert-OH is 2. The second-order valence-corrected chi connectivity index (χ2v) is 4.26. The van der Waals surface area contributed by atoms with Crippen LogP contribution in [0.2, 0.25) is 0 Å². The van der Waals surface area contributed by atoms with Crippen molar-refractivity contribution in [2.45, 2.75) is 12.2 Å². The van der Waals surface area contributed by atoms with E-state index in [0.717, 1.165) is 23.1 Å². The van der Waals surface area contributed by atoms with Gasteiger partial charge in [-0.25, -0.2) is 4.39 Å². The largest absolute Gasteiger partial charge is 0.388 e. The fourth-order valence-corrected chi connectivity index (χ4v) is 1.94. The molecule has 1 aromatic carbocycles. The number of nitro groups is 1. The highest BCUT2D eigenvalue weighted by atomic mass is 19.1. The van der Waals surface area contributed by atoms with Gasteiger partial charge in [-0.3, -0.25) is 14.9 Å². The Morgan fingerprint density at radius 3 is 2.47 bits per heavy atom. The van der Waals surface area contributed by atoms with Crippen molar-refractivity contribution >= 4 is 11.6 Å². The summed E-state index contributed by atoms with van der Waals surface area (Å²) in [5, 5.41) is 29.5. The fraction of sp³-hybridized carbons (Fsp3) is 0.364. The van der Waals surface area contributed by atoms with E-state index in [1.54, 1.807) is 0 Å². The predicted molar refractivity (Wildman–Crippen MR) is 61.0 cm³/mol. The Bertz CT molecular complexity index is 526. The van der Waals surface area contributed by atoms with Crippen LogP contribution in [-0.2, 0) is 0 Å². The molecule has 0 aliphatic carbocycles. The molecule has 1 heterocycles. The Morgan fingerprint density at radius 2 is 1.95 bits per heavy atom. The zero-order chi connectivity index (χ0) is 14.2. The minimum Gasteiger partial charge on any atom is -0.388 e. The lowest BCUT2D eigenvalue weighted by Gasteiger charge is -2.15. The summed E-state index contributed by atoms with van der Waals surface area (Å²) >= 11 is 0. The van der Waals surface area contributed by atoms with Crippen LogP contribution in [0.15, 0.2) is 18.2 Å². The van der Waals surface area contributed by atoms with Gasteiger partial charge in [-0.05, 0) is 12.1 Å². The summed E-state index contributed by atoms with van der Waals surface area (Å²) in [6, 6.07) is 2.58. The number of hydrogen-bond donors (Lipinski definition) is 2. The van der Waals surface area contributed by atoms with Crippen LogP contribution >= 0.6 is 0 Å². The first-order chi connectivity index (χ1) is 8.90.